The predicted molar refractivity (Wildman–Crippen MR) is 195 cm³/mol. The average molecular weight is 615 g/mol. The van der Waals surface area contributed by atoms with E-state index < -0.39 is 0 Å². The zero-order valence-electron chi connectivity index (χ0n) is 27.9. The minimum atomic E-state index is 0.0717. The summed E-state index contributed by atoms with van der Waals surface area (Å²) in [6, 6.07) is 46.7. The third-order valence-electron chi connectivity index (χ3n) is 8.72. The molecule has 1 aliphatic rings. The van der Waals surface area contributed by atoms with Crippen LogP contribution in [0, 0.1) is 0 Å². The molecule has 0 aliphatic carbocycles. The highest BCUT2D eigenvalue weighted by Gasteiger charge is 2.39. The number of rotatable bonds is 6. The molecule has 0 atom stereocenters. The fourth-order valence-corrected chi connectivity index (χ4v) is 5.98. The van der Waals surface area contributed by atoms with E-state index in [1.54, 1.807) is 0 Å². The van der Waals surface area contributed by atoms with E-state index in [1.165, 1.54) is 11.1 Å². The molecule has 7 rings (SSSR count). The molecule has 0 saturated carbocycles. The van der Waals surface area contributed by atoms with Crippen molar-refractivity contribution >= 4 is 17.4 Å². The van der Waals surface area contributed by atoms with Crippen LogP contribution in [0.15, 0.2) is 133 Å². The molecule has 0 unspecified atom stereocenters. The summed E-state index contributed by atoms with van der Waals surface area (Å²) in [7, 11) is 0. The number of aromatic nitrogens is 3. The Labute approximate surface area is 277 Å². The first kappa shape index (κ1) is 30.2. The number of benzene rings is 5. The predicted octanol–water partition coefficient (Wildman–Crippen LogP) is 8.98. The SMILES string of the molecule is CC(C)(C)c1ccc(C2=[N+]=C(c3cccc(-c4nnc(-c5ccc(C(C)(C)C)cc5)n4-c4ccccc4)c3)N2c2ccccc2)cc1. The van der Waals surface area contributed by atoms with Gasteiger partial charge in [-0.25, -0.2) is 4.67 Å². The van der Waals surface area contributed by atoms with Gasteiger partial charge >= 0.3 is 11.7 Å². The first-order chi connectivity index (χ1) is 22.6. The lowest BCUT2D eigenvalue weighted by atomic mass is 9.86. The summed E-state index contributed by atoms with van der Waals surface area (Å²) < 4.78 is 7.27. The van der Waals surface area contributed by atoms with E-state index >= 15 is 0 Å². The highest BCUT2D eigenvalue weighted by atomic mass is 15.3. The normalized spacial score (nSPS) is 13.2. The number of anilines is 1. The molecule has 5 heteroatoms. The van der Waals surface area contributed by atoms with E-state index in [2.05, 4.69) is 160 Å². The van der Waals surface area contributed by atoms with Crippen LogP contribution < -0.4 is 9.57 Å². The molecule has 5 aromatic carbocycles. The highest BCUT2D eigenvalue weighted by molar-refractivity contribution is 6.35. The second-order valence-electron chi connectivity index (χ2n) is 14.2. The van der Waals surface area contributed by atoms with Crippen LogP contribution in [0.2, 0.25) is 0 Å². The van der Waals surface area contributed by atoms with Crippen molar-refractivity contribution in [3.8, 4) is 28.5 Å². The van der Waals surface area contributed by atoms with Crippen molar-refractivity contribution in [1.29, 1.82) is 0 Å². The Bertz CT molecular complexity index is 2100. The maximum Gasteiger partial charge on any atom is 0.332 e. The van der Waals surface area contributed by atoms with Crippen LogP contribution in [0.25, 0.3) is 28.5 Å². The molecule has 0 fully saturated rings. The maximum absolute atomic E-state index is 5.12. The van der Waals surface area contributed by atoms with E-state index in [0.29, 0.717) is 0 Å². The minimum Gasteiger partial charge on any atom is -0.275 e. The Morgan fingerprint density at radius 1 is 0.447 bits per heavy atom. The van der Waals surface area contributed by atoms with Crippen LogP contribution in [0.4, 0.5) is 5.69 Å². The zero-order chi connectivity index (χ0) is 32.8. The van der Waals surface area contributed by atoms with E-state index in [1.807, 2.05) is 24.3 Å². The van der Waals surface area contributed by atoms with Gasteiger partial charge in [0, 0.05) is 16.8 Å². The summed E-state index contributed by atoms with van der Waals surface area (Å²) in [6.45, 7) is 13.4. The van der Waals surface area contributed by atoms with Crippen LogP contribution in [0.1, 0.15) is 63.8 Å². The third-order valence-corrected chi connectivity index (χ3v) is 8.72. The van der Waals surface area contributed by atoms with E-state index in [4.69, 9.17) is 14.9 Å². The second-order valence-corrected chi connectivity index (χ2v) is 14.2. The molecule has 0 bridgehead atoms. The van der Waals surface area contributed by atoms with Gasteiger partial charge < -0.3 is 0 Å². The van der Waals surface area contributed by atoms with Crippen LogP contribution >= 0.6 is 0 Å². The Hall–Kier alpha value is -5.51. The second kappa shape index (κ2) is 11.7. The van der Waals surface area contributed by atoms with Gasteiger partial charge in [0.05, 0.1) is 11.1 Å². The van der Waals surface area contributed by atoms with Gasteiger partial charge in [0.1, 0.15) is 5.69 Å². The van der Waals surface area contributed by atoms with Crippen molar-refractivity contribution in [1.82, 2.24) is 19.4 Å². The maximum atomic E-state index is 5.12. The summed E-state index contributed by atoms with van der Waals surface area (Å²) >= 11 is 0. The first-order valence-corrected chi connectivity index (χ1v) is 16.2. The summed E-state index contributed by atoms with van der Waals surface area (Å²) in [5, 5.41) is 9.52. The number of nitrogens with zero attached hydrogens (tertiary/aromatic N) is 5. The van der Waals surface area contributed by atoms with Gasteiger partial charge in [-0.3, -0.25) is 4.57 Å². The summed E-state index contributed by atoms with van der Waals surface area (Å²) in [6.07, 6.45) is 0. The molecular weight excluding hydrogens is 574 g/mol. The van der Waals surface area contributed by atoms with E-state index in [9.17, 15) is 0 Å². The molecule has 1 aliphatic heterocycles. The summed E-state index contributed by atoms with van der Waals surface area (Å²) in [5.41, 5.74) is 8.92. The minimum absolute atomic E-state index is 0.0717. The fraction of sp³-hybridized carbons (Fsp3) is 0.190. The third kappa shape index (κ3) is 5.82. The lowest BCUT2D eigenvalue weighted by Crippen LogP contribution is -2.49. The molecule has 0 saturated heterocycles. The van der Waals surface area contributed by atoms with Crippen molar-refractivity contribution in [2.75, 3.05) is 4.90 Å². The van der Waals surface area contributed by atoms with Crippen LogP contribution in [-0.4, -0.2) is 26.4 Å². The molecule has 232 valence electrons. The monoisotopic (exact) mass is 614 g/mol. The van der Waals surface area contributed by atoms with E-state index in [-0.39, 0.29) is 10.8 Å². The molecule has 1 aromatic heterocycles. The number of amidine groups is 2. The molecule has 0 radical (unpaired) electrons. The average Bonchev–Trinajstić information content (AvgIpc) is 3.50. The standard InChI is InChI=1S/C42H40N5/c1-41(2,3)33-24-20-29(21-25-33)37-43-38(46(37)35-16-9-7-10-17-35)31-14-13-15-32(28-31)40-45-44-39(47(40)36-18-11-8-12-19-36)30-22-26-34(27-23-30)42(4,5)6/h7-28H,1-6H3/q+1. The molecule has 2 heterocycles. The molecule has 5 nitrogen and oxygen atoms in total. The molecular formula is C42H40N5+. The number of para-hydroxylation sites is 2. The highest BCUT2D eigenvalue weighted by Crippen LogP contribution is 2.32. The number of hydrogen-bond donors (Lipinski definition) is 0. The molecule has 0 N–H and O–H groups in total. The fourth-order valence-electron chi connectivity index (χ4n) is 5.98. The van der Waals surface area contributed by atoms with E-state index in [0.717, 1.165) is 56.9 Å². The van der Waals surface area contributed by atoms with Gasteiger partial charge in [-0.1, -0.05) is 126 Å². The molecule has 0 amide bonds. The smallest absolute Gasteiger partial charge is 0.275 e. The van der Waals surface area contributed by atoms with Gasteiger partial charge in [0.15, 0.2) is 11.6 Å². The van der Waals surface area contributed by atoms with Crippen LogP contribution in [0.3, 0.4) is 0 Å². The van der Waals surface area contributed by atoms with Gasteiger partial charge in [-0.05, 0) is 70.5 Å². The number of hydrogen-bond acceptors (Lipinski definition) is 3. The summed E-state index contributed by atoms with van der Waals surface area (Å²) in [5.74, 6) is 3.42. The van der Waals surface area contributed by atoms with Gasteiger partial charge in [0.2, 0.25) is 0 Å². The quantitative estimate of drug-likeness (QED) is 0.176. The summed E-state index contributed by atoms with van der Waals surface area (Å²) in [4.78, 5) is 2.25. The van der Waals surface area contributed by atoms with Crippen LogP contribution in [-0.2, 0) is 10.8 Å². The van der Waals surface area contributed by atoms with Crippen molar-refractivity contribution in [2.24, 2.45) is 0 Å². The largest absolute Gasteiger partial charge is 0.332 e. The van der Waals surface area contributed by atoms with Gasteiger partial charge in [0.25, 0.3) is 0 Å². The Morgan fingerprint density at radius 3 is 1.47 bits per heavy atom. The van der Waals surface area contributed by atoms with Gasteiger partial charge in [-0.15, -0.1) is 10.2 Å². The molecule has 47 heavy (non-hydrogen) atoms. The van der Waals surface area contributed by atoms with Crippen LogP contribution in [0.5, 0.6) is 0 Å². The topological polar surface area (TPSA) is 48.1 Å². The molecule has 0 spiro atoms. The molecule has 6 aromatic rings. The van der Waals surface area contributed by atoms with Crippen molar-refractivity contribution in [3.63, 3.8) is 0 Å². The van der Waals surface area contributed by atoms with Gasteiger partial charge in [-0.2, -0.15) is 4.90 Å². The zero-order valence-corrected chi connectivity index (χ0v) is 27.9. The van der Waals surface area contributed by atoms with Crippen molar-refractivity contribution < 1.29 is 0 Å². The lowest BCUT2D eigenvalue weighted by molar-refractivity contribution is 0.590. The first-order valence-electron chi connectivity index (χ1n) is 16.2. The van der Waals surface area contributed by atoms with Crippen molar-refractivity contribution in [3.05, 3.63) is 156 Å². The Kier molecular flexibility index (Phi) is 7.50. The lowest BCUT2D eigenvalue weighted by Gasteiger charge is -2.24. The Morgan fingerprint density at radius 2 is 0.915 bits per heavy atom. The van der Waals surface area contributed by atoms with Crippen molar-refractivity contribution in [2.45, 2.75) is 52.4 Å². The Balaban J connectivity index is 1.33.